The molecule has 0 spiro atoms. The summed E-state index contributed by atoms with van der Waals surface area (Å²) in [6.07, 6.45) is -3.31. The van der Waals surface area contributed by atoms with E-state index in [1.807, 2.05) is 11.8 Å². The molecule has 154 valence electrons. The number of halogens is 4. The minimum atomic E-state index is -4.11. The van der Waals surface area contributed by atoms with Crippen LogP contribution in [0.1, 0.15) is 27.2 Å². The van der Waals surface area contributed by atoms with Gasteiger partial charge < -0.3 is 10.2 Å². The normalized spacial score (nSPS) is 25.5. The maximum atomic E-state index is 12.5. The molecule has 2 atom stereocenters. The van der Waals surface area contributed by atoms with Gasteiger partial charge in [0, 0.05) is 43.7 Å². The topological polar surface area (TPSA) is 30.9 Å². The Labute approximate surface area is 176 Å². The number of rotatable bonds is 5. The summed E-state index contributed by atoms with van der Waals surface area (Å²) in [5, 5.41) is 3.96. The van der Waals surface area contributed by atoms with Gasteiger partial charge in [-0.1, -0.05) is 13.8 Å². The van der Waals surface area contributed by atoms with Gasteiger partial charge in [-0.2, -0.15) is 24.9 Å². The fourth-order valence-corrected chi connectivity index (χ4v) is 4.67. The molecule has 2 fully saturated rings. The third-order valence-electron chi connectivity index (χ3n) is 4.74. The Kier molecular flexibility index (Phi) is 10.4. The van der Waals surface area contributed by atoms with Gasteiger partial charge in [-0.3, -0.25) is 9.89 Å². The lowest BCUT2D eigenvalue weighted by Gasteiger charge is -2.36. The van der Waals surface area contributed by atoms with Crippen molar-refractivity contribution in [2.24, 2.45) is 16.8 Å². The van der Waals surface area contributed by atoms with Crippen LogP contribution in [0.5, 0.6) is 0 Å². The summed E-state index contributed by atoms with van der Waals surface area (Å²) in [5.74, 6) is 2.86. The molecule has 0 saturated carbocycles. The van der Waals surface area contributed by atoms with E-state index in [4.69, 9.17) is 4.99 Å². The zero-order valence-corrected chi connectivity index (χ0v) is 19.0. The highest BCUT2D eigenvalue weighted by Crippen LogP contribution is 2.25. The molecule has 2 aliphatic heterocycles. The van der Waals surface area contributed by atoms with Gasteiger partial charge in [0.15, 0.2) is 5.96 Å². The third kappa shape index (κ3) is 8.00. The smallest absolute Gasteiger partial charge is 0.357 e. The van der Waals surface area contributed by atoms with Gasteiger partial charge in [-0.25, -0.2) is 0 Å². The molecule has 0 aliphatic carbocycles. The lowest BCUT2D eigenvalue weighted by Crippen LogP contribution is -2.49. The molecule has 2 saturated heterocycles. The Morgan fingerprint density at radius 3 is 2.62 bits per heavy atom. The predicted octanol–water partition coefficient (Wildman–Crippen LogP) is 3.53. The molecule has 2 unspecified atom stereocenters. The molecule has 2 heterocycles. The molecule has 0 aromatic rings. The minimum absolute atomic E-state index is 0. The molecule has 0 bridgehead atoms. The van der Waals surface area contributed by atoms with Crippen molar-refractivity contribution >= 4 is 41.7 Å². The highest BCUT2D eigenvalue weighted by atomic mass is 127. The number of hydrogen-bond acceptors (Lipinski definition) is 3. The van der Waals surface area contributed by atoms with E-state index in [2.05, 4.69) is 31.0 Å². The number of guanidine groups is 1. The number of nitrogens with zero attached hydrogens (tertiary/aromatic N) is 3. The van der Waals surface area contributed by atoms with E-state index >= 15 is 0 Å². The van der Waals surface area contributed by atoms with Crippen molar-refractivity contribution in [2.75, 3.05) is 51.6 Å². The van der Waals surface area contributed by atoms with Crippen LogP contribution in [0.15, 0.2) is 4.99 Å². The summed E-state index contributed by atoms with van der Waals surface area (Å²) in [4.78, 5) is 8.57. The maximum Gasteiger partial charge on any atom is 0.401 e. The second-order valence-corrected chi connectivity index (χ2v) is 8.65. The summed E-state index contributed by atoms with van der Waals surface area (Å²) in [7, 11) is 0. The van der Waals surface area contributed by atoms with Crippen LogP contribution < -0.4 is 5.32 Å². The largest absolute Gasteiger partial charge is 0.401 e. The summed E-state index contributed by atoms with van der Waals surface area (Å²) < 4.78 is 37.5. The Balaban J connectivity index is 0.00000338. The number of nitrogens with one attached hydrogen (secondary N) is 1. The molecule has 26 heavy (non-hydrogen) atoms. The lowest BCUT2D eigenvalue weighted by atomic mass is 10.1. The van der Waals surface area contributed by atoms with E-state index in [0.717, 1.165) is 37.8 Å². The predicted molar refractivity (Wildman–Crippen MR) is 115 cm³/mol. The van der Waals surface area contributed by atoms with Crippen LogP contribution >= 0.6 is 35.7 Å². The highest BCUT2D eigenvalue weighted by Gasteiger charge is 2.34. The SMILES string of the molecule is CCNC(=NCC1CCN(CC(F)(F)F)C1)N1CCSC(C(C)C)C1.I. The second-order valence-electron chi connectivity index (χ2n) is 7.30. The van der Waals surface area contributed by atoms with Crippen LogP contribution in [0.4, 0.5) is 13.2 Å². The van der Waals surface area contributed by atoms with E-state index in [9.17, 15) is 13.2 Å². The molecule has 0 aromatic heterocycles. The first-order valence-electron chi connectivity index (χ1n) is 9.22. The summed E-state index contributed by atoms with van der Waals surface area (Å²) >= 11 is 2.02. The van der Waals surface area contributed by atoms with E-state index in [1.165, 1.54) is 4.90 Å². The first-order valence-corrected chi connectivity index (χ1v) is 10.3. The fraction of sp³-hybridized carbons (Fsp3) is 0.941. The minimum Gasteiger partial charge on any atom is -0.357 e. The van der Waals surface area contributed by atoms with E-state index < -0.39 is 12.7 Å². The number of aliphatic imine (C=N–C) groups is 1. The van der Waals surface area contributed by atoms with Gasteiger partial charge in [-0.15, -0.1) is 24.0 Å². The number of alkyl halides is 3. The van der Waals surface area contributed by atoms with Gasteiger partial charge >= 0.3 is 6.18 Å². The van der Waals surface area contributed by atoms with Gasteiger partial charge in [0.25, 0.3) is 0 Å². The zero-order chi connectivity index (χ0) is 18.4. The molecule has 0 amide bonds. The van der Waals surface area contributed by atoms with Crippen LogP contribution in [0, 0.1) is 11.8 Å². The first-order chi connectivity index (χ1) is 11.8. The summed E-state index contributed by atoms with van der Waals surface area (Å²) in [6, 6.07) is 0. The van der Waals surface area contributed by atoms with E-state index in [-0.39, 0.29) is 29.9 Å². The van der Waals surface area contributed by atoms with Gasteiger partial charge in [0.2, 0.25) is 0 Å². The molecular weight excluding hydrogens is 476 g/mol. The van der Waals surface area contributed by atoms with Crippen molar-refractivity contribution in [3.8, 4) is 0 Å². The van der Waals surface area contributed by atoms with Gasteiger partial charge in [0.05, 0.1) is 6.54 Å². The molecule has 2 aliphatic rings. The van der Waals surface area contributed by atoms with Gasteiger partial charge in [0.1, 0.15) is 0 Å². The summed E-state index contributed by atoms with van der Waals surface area (Å²) in [6.45, 7) is 10.1. The highest BCUT2D eigenvalue weighted by molar-refractivity contribution is 14.0. The van der Waals surface area contributed by atoms with E-state index in [0.29, 0.717) is 30.8 Å². The van der Waals surface area contributed by atoms with Crippen molar-refractivity contribution in [1.82, 2.24) is 15.1 Å². The van der Waals surface area contributed by atoms with Crippen LogP contribution in [-0.4, -0.2) is 78.8 Å². The van der Waals surface area contributed by atoms with E-state index in [1.54, 1.807) is 0 Å². The molecule has 0 radical (unpaired) electrons. The quantitative estimate of drug-likeness (QED) is 0.350. The van der Waals surface area contributed by atoms with Crippen LogP contribution in [0.3, 0.4) is 0 Å². The number of thioether (sulfide) groups is 1. The zero-order valence-electron chi connectivity index (χ0n) is 15.9. The molecular formula is C17H32F3IN4S. The maximum absolute atomic E-state index is 12.5. The molecule has 4 nitrogen and oxygen atoms in total. The third-order valence-corrected chi connectivity index (χ3v) is 6.28. The van der Waals surface area contributed by atoms with Crippen molar-refractivity contribution < 1.29 is 13.2 Å². The van der Waals surface area contributed by atoms with Crippen molar-refractivity contribution in [1.29, 1.82) is 0 Å². The van der Waals surface area contributed by atoms with Gasteiger partial charge in [-0.05, 0) is 31.7 Å². The monoisotopic (exact) mass is 508 g/mol. The lowest BCUT2D eigenvalue weighted by molar-refractivity contribution is -0.143. The Hall–Kier alpha value is 0.1000. The average Bonchev–Trinajstić information content (AvgIpc) is 2.97. The molecule has 2 rings (SSSR count). The number of hydrogen-bond donors (Lipinski definition) is 1. The van der Waals surface area contributed by atoms with Crippen molar-refractivity contribution in [3.63, 3.8) is 0 Å². The Morgan fingerprint density at radius 2 is 2.00 bits per heavy atom. The summed E-state index contributed by atoms with van der Waals surface area (Å²) in [5.41, 5.74) is 0. The molecule has 0 aromatic carbocycles. The molecule has 9 heteroatoms. The van der Waals surface area contributed by atoms with Crippen LogP contribution in [0.2, 0.25) is 0 Å². The Morgan fingerprint density at radius 1 is 1.27 bits per heavy atom. The van der Waals surface area contributed by atoms with Crippen LogP contribution in [-0.2, 0) is 0 Å². The second kappa shape index (κ2) is 11.2. The first kappa shape index (κ1) is 24.1. The standard InChI is InChI=1S/C17H31F3N4S.HI/c1-4-21-16(24-7-8-25-15(11-24)13(2)3)22-9-14-5-6-23(10-14)12-17(18,19)20;/h13-15H,4-12H2,1-3H3,(H,21,22);1H. The van der Waals surface area contributed by atoms with Crippen LogP contribution in [0.25, 0.3) is 0 Å². The Bertz CT molecular complexity index is 448. The fourth-order valence-electron chi connectivity index (χ4n) is 3.37. The molecule has 1 N–H and O–H groups in total. The average molecular weight is 508 g/mol. The number of likely N-dealkylation sites (tertiary alicyclic amines) is 1. The van der Waals surface area contributed by atoms with Crippen molar-refractivity contribution in [2.45, 2.75) is 38.6 Å². The van der Waals surface area contributed by atoms with Crippen molar-refractivity contribution in [3.05, 3.63) is 0 Å².